The van der Waals surface area contributed by atoms with Gasteiger partial charge in [-0.05, 0) is 45.8 Å². The number of hydrogen-bond donors (Lipinski definition) is 1. The maximum absolute atomic E-state index is 3.62. The number of likely N-dealkylation sites (N-methyl/N-ethyl adjacent to an activating group) is 2. The Morgan fingerprint density at radius 3 is 2.47 bits per heavy atom. The van der Waals surface area contributed by atoms with Crippen LogP contribution in [0.3, 0.4) is 0 Å². The van der Waals surface area contributed by atoms with Crippen molar-refractivity contribution in [2.45, 2.75) is 64.5 Å². The molecule has 0 bridgehead atoms. The van der Waals surface area contributed by atoms with Gasteiger partial charge in [-0.3, -0.25) is 0 Å². The second-order valence-corrected chi connectivity index (χ2v) is 6.35. The number of nitrogens with zero attached hydrogens (tertiary/aromatic N) is 1. The molecular weight excluding hydrogens is 208 g/mol. The molecular formula is C15H32N2. The van der Waals surface area contributed by atoms with E-state index >= 15 is 0 Å². The van der Waals surface area contributed by atoms with Crippen LogP contribution in [0.5, 0.6) is 0 Å². The SMILES string of the molecule is CCC(C)C(NC)C1(N(C)C)CCCC(C)C1. The summed E-state index contributed by atoms with van der Waals surface area (Å²) in [5.74, 6) is 1.61. The number of hydrogen-bond acceptors (Lipinski definition) is 2. The smallest absolute Gasteiger partial charge is 0.0361 e. The van der Waals surface area contributed by atoms with Crippen LogP contribution in [0.15, 0.2) is 0 Å². The highest BCUT2D eigenvalue weighted by atomic mass is 15.2. The van der Waals surface area contributed by atoms with Gasteiger partial charge in [0, 0.05) is 11.6 Å². The second kappa shape index (κ2) is 6.19. The summed E-state index contributed by atoms with van der Waals surface area (Å²) in [6.45, 7) is 7.12. The topological polar surface area (TPSA) is 15.3 Å². The summed E-state index contributed by atoms with van der Waals surface area (Å²) in [6, 6.07) is 0.616. The van der Waals surface area contributed by atoms with Gasteiger partial charge in [-0.25, -0.2) is 0 Å². The van der Waals surface area contributed by atoms with Crippen molar-refractivity contribution in [2.75, 3.05) is 21.1 Å². The van der Waals surface area contributed by atoms with Gasteiger partial charge in [0.15, 0.2) is 0 Å². The molecule has 1 aliphatic carbocycles. The molecule has 1 fully saturated rings. The van der Waals surface area contributed by atoms with E-state index in [0.717, 1.165) is 11.8 Å². The average molecular weight is 240 g/mol. The first-order valence-electron chi connectivity index (χ1n) is 7.32. The van der Waals surface area contributed by atoms with Gasteiger partial charge < -0.3 is 10.2 Å². The standard InChI is InChI=1S/C15H32N2/c1-7-13(3)14(16-4)15(17(5)6)10-8-9-12(2)11-15/h12-14,16H,7-11H2,1-6H3. The minimum Gasteiger partial charge on any atom is -0.315 e. The molecule has 0 spiro atoms. The summed E-state index contributed by atoms with van der Waals surface area (Å²) >= 11 is 0. The van der Waals surface area contributed by atoms with E-state index in [1.165, 1.54) is 32.1 Å². The van der Waals surface area contributed by atoms with Crippen LogP contribution in [-0.2, 0) is 0 Å². The van der Waals surface area contributed by atoms with Crippen molar-refractivity contribution in [1.82, 2.24) is 10.2 Å². The van der Waals surface area contributed by atoms with Crippen molar-refractivity contribution in [3.05, 3.63) is 0 Å². The molecule has 4 atom stereocenters. The van der Waals surface area contributed by atoms with Crippen LogP contribution in [0.25, 0.3) is 0 Å². The van der Waals surface area contributed by atoms with Gasteiger partial charge >= 0.3 is 0 Å². The van der Waals surface area contributed by atoms with Gasteiger partial charge in [0.25, 0.3) is 0 Å². The molecule has 2 nitrogen and oxygen atoms in total. The molecule has 0 saturated heterocycles. The van der Waals surface area contributed by atoms with Crippen LogP contribution in [0, 0.1) is 11.8 Å². The summed E-state index contributed by atoms with van der Waals surface area (Å²) in [7, 11) is 6.68. The summed E-state index contributed by atoms with van der Waals surface area (Å²) in [5.41, 5.74) is 0.363. The summed E-state index contributed by atoms with van der Waals surface area (Å²) < 4.78 is 0. The van der Waals surface area contributed by atoms with E-state index in [2.05, 4.69) is 52.1 Å². The lowest BCUT2D eigenvalue weighted by Gasteiger charge is -2.52. The first-order valence-corrected chi connectivity index (χ1v) is 7.32. The van der Waals surface area contributed by atoms with Gasteiger partial charge in [-0.2, -0.15) is 0 Å². The van der Waals surface area contributed by atoms with E-state index in [1.807, 2.05) is 0 Å². The van der Waals surface area contributed by atoms with Crippen LogP contribution in [0.1, 0.15) is 52.9 Å². The molecule has 0 aromatic carbocycles. The molecule has 1 N–H and O–H groups in total. The molecule has 2 heteroatoms. The molecule has 4 unspecified atom stereocenters. The third kappa shape index (κ3) is 3.03. The normalized spacial score (nSPS) is 33.7. The van der Waals surface area contributed by atoms with Crippen LogP contribution in [0.4, 0.5) is 0 Å². The van der Waals surface area contributed by atoms with Gasteiger partial charge in [0.2, 0.25) is 0 Å². The van der Waals surface area contributed by atoms with Gasteiger partial charge in [-0.1, -0.05) is 40.0 Å². The van der Waals surface area contributed by atoms with E-state index in [4.69, 9.17) is 0 Å². The van der Waals surface area contributed by atoms with Gasteiger partial charge in [0.05, 0.1) is 0 Å². The molecule has 0 aromatic rings. The van der Waals surface area contributed by atoms with E-state index in [0.29, 0.717) is 11.6 Å². The van der Waals surface area contributed by atoms with Gasteiger partial charge in [0.1, 0.15) is 0 Å². The summed E-state index contributed by atoms with van der Waals surface area (Å²) in [6.07, 6.45) is 6.74. The molecule has 1 saturated carbocycles. The molecule has 17 heavy (non-hydrogen) atoms. The van der Waals surface area contributed by atoms with Crippen molar-refractivity contribution < 1.29 is 0 Å². The fourth-order valence-corrected chi connectivity index (χ4v) is 3.85. The van der Waals surface area contributed by atoms with Crippen molar-refractivity contribution in [3.8, 4) is 0 Å². The number of nitrogens with one attached hydrogen (secondary N) is 1. The lowest BCUT2D eigenvalue weighted by molar-refractivity contribution is 0.0205. The van der Waals surface area contributed by atoms with Crippen molar-refractivity contribution in [3.63, 3.8) is 0 Å². The zero-order chi connectivity index (χ0) is 13.1. The largest absolute Gasteiger partial charge is 0.315 e. The molecule has 0 aliphatic heterocycles. The van der Waals surface area contributed by atoms with E-state index in [9.17, 15) is 0 Å². The average Bonchev–Trinajstić information content (AvgIpc) is 2.29. The third-order valence-electron chi connectivity index (χ3n) is 5.00. The van der Waals surface area contributed by atoms with E-state index in [1.54, 1.807) is 0 Å². The van der Waals surface area contributed by atoms with Gasteiger partial charge in [-0.15, -0.1) is 0 Å². The fourth-order valence-electron chi connectivity index (χ4n) is 3.85. The quantitative estimate of drug-likeness (QED) is 0.794. The predicted octanol–water partition coefficient (Wildman–Crippen LogP) is 3.13. The van der Waals surface area contributed by atoms with E-state index in [-0.39, 0.29) is 0 Å². The highest BCUT2D eigenvalue weighted by Gasteiger charge is 2.44. The predicted molar refractivity (Wildman–Crippen MR) is 76.4 cm³/mol. The molecule has 1 aliphatic rings. The zero-order valence-electron chi connectivity index (χ0n) is 12.7. The van der Waals surface area contributed by atoms with Crippen molar-refractivity contribution in [2.24, 2.45) is 11.8 Å². The Morgan fingerprint density at radius 2 is 2.06 bits per heavy atom. The first-order chi connectivity index (χ1) is 7.97. The maximum Gasteiger partial charge on any atom is 0.0361 e. The first kappa shape index (κ1) is 15.0. The van der Waals surface area contributed by atoms with E-state index < -0.39 is 0 Å². The Labute approximate surface area is 108 Å². The molecule has 102 valence electrons. The fraction of sp³-hybridized carbons (Fsp3) is 1.00. The second-order valence-electron chi connectivity index (χ2n) is 6.35. The lowest BCUT2D eigenvalue weighted by Crippen LogP contribution is -2.62. The molecule has 0 radical (unpaired) electrons. The minimum atomic E-state index is 0.363. The van der Waals surface area contributed by atoms with Crippen LogP contribution in [0.2, 0.25) is 0 Å². The highest BCUT2D eigenvalue weighted by Crippen LogP contribution is 2.40. The highest BCUT2D eigenvalue weighted by molar-refractivity contribution is 5.03. The van der Waals surface area contributed by atoms with Crippen LogP contribution < -0.4 is 5.32 Å². The maximum atomic E-state index is 3.62. The van der Waals surface area contributed by atoms with Crippen LogP contribution in [-0.4, -0.2) is 37.6 Å². The Balaban J connectivity index is 2.96. The molecule has 0 aromatic heterocycles. The molecule has 0 heterocycles. The summed E-state index contributed by atoms with van der Waals surface area (Å²) in [5, 5.41) is 3.62. The van der Waals surface area contributed by atoms with Crippen LogP contribution >= 0.6 is 0 Å². The zero-order valence-corrected chi connectivity index (χ0v) is 12.7. The van der Waals surface area contributed by atoms with Crippen molar-refractivity contribution >= 4 is 0 Å². The molecule has 1 rings (SSSR count). The number of rotatable bonds is 5. The Bertz CT molecular complexity index is 227. The monoisotopic (exact) mass is 240 g/mol. The Kier molecular flexibility index (Phi) is 5.46. The Hall–Kier alpha value is -0.0800. The van der Waals surface area contributed by atoms with Crippen molar-refractivity contribution in [1.29, 1.82) is 0 Å². The third-order valence-corrected chi connectivity index (χ3v) is 5.00. The minimum absolute atomic E-state index is 0.363. The lowest BCUT2D eigenvalue weighted by atomic mass is 9.68. The Morgan fingerprint density at radius 1 is 1.41 bits per heavy atom. The molecule has 0 amide bonds. The summed E-state index contributed by atoms with van der Waals surface area (Å²) in [4.78, 5) is 2.50.